The number of nitrogens with one attached hydrogen (secondary N) is 1. The van der Waals surface area contributed by atoms with Crippen molar-refractivity contribution in [1.29, 1.82) is 0 Å². The van der Waals surface area contributed by atoms with Crippen molar-refractivity contribution < 1.29 is 22.9 Å². The molecule has 0 bridgehead atoms. The summed E-state index contributed by atoms with van der Waals surface area (Å²) in [5.74, 6) is -0.102. The Hall–Kier alpha value is -3.99. The Morgan fingerprint density at radius 3 is 2.35 bits per heavy atom. The van der Waals surface area contributed by atoms with Crippen LogP contribution in [0.5, 0.6) is 5.75 Å². The van der Waals surface area contributed by atoms with Crippen LogP contribution in [0.3, 0.4) is 0 Å². The highest BCUT2D eigenvalue weighted by molar-refractivity contribution is 7.92. The molecule has 1 heterocycles. The summed E-state index contributed by atoms with van der Waals surface area (Å²) in [6.07, 6.45) is 2.64. The van der Waals surface area contributed by atoms with Crippen molar-refractivity contribution >= 4 is 33.0 Å². The number of hydrogen-bond acceptors (Lipinski definition) is 7. The number of sulfonamides is 1. The van der Waals surface area contributed by atoms with Gasteiger partial charge in [-0.25, -0.2) is 8.42 Å². The Kier molecular flexibility index (Phi) is 6.46. The number of non-ortho nitro benzene ring substituents is 1. The summed E-state index contributed by atoms with van der Waals surface area (Å²) >= 11 is 0. The molecule has 31 heavy (non-hydrogen) atoms. The molecule has 2 aromatic carbocycles. The maximum Gasteiger partial charge on any atom is 0.269 e. The normalized spacial score (nSPS) is 10.9. The Morgan fingerprint density at radius 2 is 1.81 bits per heavy atom. The van der Waals surface area contributed by atoms with Gasteiger partial charge in [0, 0.05) is 30.2 Å². The quantitative estimate of drug-likeness (QED) is 0.419. The first-order chi connectivity index (χ1) is 14.8. The zero-order valence-corrected chi connectivity index (χ0v) is 17.2. The number of nitro benzene ring substituents is 1. The van der Waals surface area contributed by atoms with E-state index < -0.39 is 27.4 Å². The Bertz CT molecular complexity index is 1170. The number of nitrogens with zero attached hydrogens (tertiary/aromatic N) is 3. The van der Waals surface area contributed by atoms with Crippen LogP contribution in [0.25, 0.3) is 0 Å². The van der Waals surface area contributed by atoms with Crippen molar-refractivity contribution in [1.82, 2.24) is 4.98 Å². The van der Waals surface area contributed by atoms with Gasteiger partial charge in [0.05, 0.1) is 17.7 Å². The van der Waals surface area contributed by atoms with E-state index in [0.717, 1.165) is 4.31 Å². The van der Waals surface area contributed by atoms with Crippen LogP contribution in [0.2, 0.25) is 0 Å². The van der Waals surface area contributed by atoms with Gasteiger partial charge in [-0.3, -0.25) is 24.2 Å². The second-order valence-corrected chi connectivity index (χ2v) is 8.11. The predicted molar refractivity (Wildman–Crippen MR) is 113 cm³/mol. The van der Waals surface area contributed by atoms with Gasteiger partial charge in [-0.2, -0.15) is 0 Å². The summed E-state index contributed by atoms with van der Waals surface area (Å²) < 4.78 is 32.4. The molecular weight excluding hydrogens is 424 g/mol. The van der Waals surface area contributed by atoms with E-state index in [1.165, 1.54) is 68.0 Å². The molecule has 160 valence electrons. The number of anilines is 2. The van der Waals surface area contributed by atoms with E-state index in [2.05, 4.69) is 10.3 Å². The van der Waals surface area contributed by atoms with Crippen LogP contribution in [0.1, 0.15) is 0 Å². The molecule has 0 aliphatic heterocycles. The van der Waals surface area contributed by atoms with Crippen molar-refractivity contribution in [2.75, 3.05) is 23.3 Å². The van der Waals surface area contributed by atoms with E-state index in [9.17, 15) is 23.3 Å². The van der Waals surface area contributed by atoms with Crippen LogP contribution >= 0.6 is 0 Å². The highest BCUT2D eigenvalue weighted by atomic mass is 32.2. The number of carbonyl (C=O) groups excluding carboxylic acids is 1. The van der Waals surface area contributed by atoms with Crippen molar-refractivity contribution in [2.45, 2.75) is 4.90 Å². The van der Waals surface area contributed by atoms with Gasteiger partial charge in [0.1, 0.15) is 17.2 Å². The summed E-state index contributed by atoms with van der Waals surface area (Å²) in [5.41, 5.74) is 0.421. The van der Waals surface area contributed by atoms with E-state index >= 15 is 0 Å². The monoisotopic (exact) mass is 442 g/mol. The van der Waals surface area contributed by atoms with Crippen LogP contribution in [0.15, 0.2) is 78.0 Å². The first kappa shape index (κ1) is 21.7. The number of nitro groups is 1. The van der Waals surface area contributed by atoms with Crippen molar-refractivity contribution in [3.05, 3.63) is 83.2 Å². The molecule has 0 saturated carbocycles. The average molecular weight is 442 g/mol. The lowest BCUT2D eigenvalue weighted by molar-refractivity contribution is -0.384. The fraction of sp³-hybridized carbons (Fsp3) is 0.100. The predicted octanol–water partition coefficient (Wildman–Crippen LogP) is 2.83. The minimum absolute atomic E-state index is 0.0750. The largest absolute Gasteiger partial charge is 0.497 e. The van der Waals surface area contributed by atoms with Gasteiger partial charge >= 0.3 is 0 Å². The number of benzene rings is 2. The van der Waals surface area contributed by atoms with Gasteiger partial charge in [-0.15, -0.1) is 0 Å². The Labute approximate surface area is 178 Å². The summed E-state index contributed by atoms with van der Waals surface area (Å²) in [6.45, 7) is -0.527. The Morgan fingerprint density at radius 1 is 1.13 bits per heavy atom. The number of rotatable bonds is 8. The van der Waals surface area contributed by atoms with Crippen LogP contribution in [-0.4, -0.2) is 37.9 Å². The number of carbonyl (C=O) groups is 1. The number of pyridine rings is 1. The zero-order chi connectivity index (χ0) is 22.4. The molecule has 3 aromatic rings. The first-order valence-corrected chi connectivity index (χ1v) is 10.4. The molecule has 11 heteroatoms. The number of methoxy groups -OCH3 is 1. The third kappa shape index (κ3) is 5.14. The minimum atomic E-state index is -4.10. The summed E-state index contributed by atoms with van der Waals surface area (Å²) in [6, 6.07) is 14.3. The lowest BCUT2D eigenvalue weighted by Gasteiger charge is -2.24. The Balaban J connectivity index is 1.88. The molecule has 1 aromatic heterocycles. The van der Waals surface area contributed by atoms with Gasteiger partial charge in [0.15, 0.2) is 0 Å². The smallest absolute Gasteiger partial charge is 0.269 e. The van der Waals surface area contributed by atoms with E-state index in [-0.39, 0.29) is 16.3 Å². The molecule has 0 aliphatic carbocycles. The van der Waals surface area contributed by atoms with E-state index in [1.54, 1.807) is 12.1 Å². The van der Waals surface area contributed by atoms with Gasteiger partial charge in [0.25, 0.3) is 15.7 Å². The SMILES string of the molecule is COc1ccc(N(CC(=O)Nc2ccc([N+](=O)[O-])cc2)S(=O)(=O)c2cccnc2)cc1. The zero-order valence-electron chi connectivity index (χ0n) is 16.3. The van der Waals surface area contributed by atoms with Gasteiger partial charge < -0.3 is 10.1 Å². The standard InChI is InChI=1S/C20H18N4O6S/c1-30-18-10-8-16(9-11-18)23(31(28,29)19-3-2-12-21-13-19)14-20(25)22-15-4-6-17(7-5-15)24(26)27/h2-13H,14H2,1H3,(H,22,25). The highest BCUT2D eigenvalue weighted by Gasteiger charge is 2.27. The van der Waals surface area contributed by atoms with Gasteiger partial charge in [-0.05, 0) is 48.5 Å². The average Bonchev–Trinajstić information content (AvgIpc) is 2.78. The van der Waals surface area contributed by atoms with Crippen molar-refractivity contribution in [2.24, 2.45) is 0 Å². The van der Waals surface area contributed by atoms with E-state index in [0.29, 0.717) is 11.4 Å². The van der Waals surface area contributed by atoms with Crippen LogP contribution in [0, 0.1) is 10.1 Å². The maximum absolute atomic E-state index is 13.2. The molecule has 10 nitrogen and oxygen atoms in total. The van der Waals surface area contributed by atoms with Gasteiger partial charge in [0.2, 0.25) is 5.91 Å². The molecule has 0 aliphatic rings. The summed E-state index contributed by atoms with van der Waals surface area (Å²) in [7, 11) is -2.62. The second kappa shape index (κ2) is 9.22. The molecule has 3 rings (SSSR count). The van der Waals surface area contributed by atoms with Crippen molar-refractivity contribution in [3.63, 3.8) is 0 Å². The number of ether oxygens (including phenoxy) is 1. The van der Waals surface area contributed by atoms with Crippen molar-refractivity contribution in [3.8, 4) is 5.75 Å². The first-order valence-electron chi connectivity index (χ1n) is 8.92. The molecule has 0 spiro atoms. The van der Waals surface area contributed by atoms with E-state index in [4.69, 9.17) is 4.74 Å². The molecule has 0 atom stereocenters. The number of aromatic nitrogens is 1. The number of amides is 1. The highest BCUT2D eigenvalue weighted by Crippen LogP contribution is 2.25. The summed E-state index contributed by atoms with van der Waals surface area (Å²) in [4.78, 5) is 26.6. The molecule has 0 unspecified atom stereocenters. The molecule has 0 radical (unpaired) electrons. The lowest BCUT2D eigenvalue weighted by Crippen LogP contribution is -2.38. The fourth-order valence-electron chi connectivity index (χ4n) is 2.69. The summed E-state index contributed by atoms with van der Waals surface area (Å²) in [5, 5.41) is 13.3. The lowest BCUT2D eigenvalue weighted by atomic mass is 10.3. The fourth-order valence-corrected chi connectivity index (χ4v) is 4.07. The molecule has 0 saturated heterocycles. The molecule has 1 N–H and O–H groups in total. The molecule has 1 amide bonds. The number of hydrogen-bond donors (Lipinski definition) is 1. The van der Waals surface area contributed by atoms with Crippen LogP contribution < -0.4 is 14.4 Å². The minimum Gasteiger partial charge on any atom is -0.497 e. The van der Waals surface area contributed by atoms with E-state index in [1.807, 2.05) is 0 Å². The van der Waals surface area contributed by atoms with Crippen LogP contribution in [-0.2, 0) is 14.8 Å². The van der Waals surface area contributed by atoms with Gasteiger partial charge in [-0.1, -0.05) is 0 Å². The topological polar surface area (TPSA) is 132 Å². The molecule has 0 fully saturated rings. The second-order valence-electron chi connectivity index (χ2n) is 6.25. The molecular formula is C20H18N4O6S. The third-order valence-electron chi connectivity index (χ3n) is 4.23. The van der Waals surface area contributed by atoms with Crippen LogP contribution in [0.4, 0.5) is 17.1 Å². The maximum atomic E-state index is 13.2. The third-order valence-corrected chi connectivity index (χ3v) is 5.99.